The highest BCUT2D eigenvalue weighted by molar-refractivity contribution is 5.96. The number of hydrogen-bond donors (Lipinski definition) is 0. The Morgan fingerprint density at radius 3 is 2.88 bits per heavy atom. The number of para-hydroxylation sites is 1. The summed E-state index contributed by atoms with van der Waals surface area (Å²) < 4.78 is 5.21. The zero-order valence-electron chi connectivity index (χ0n) is 14.9. The fourth-order valence-corrected chi connectivity index (χ4v) is 3.87. The van der Waals surface area contributed by atoms with Crippen molar-refractivity contribution in [3.63, 3.8) is 0 Å². The molecule has 0 radical (unpaired) electrons. The number of fused-ring (bicyclic) bond motifs is 1. The Kier molecular flexibility index (Phi) is 5.87. The van der Waals surface area contributed by atoms with Gasteiger partial charge in [-0.25, -0.2) is 0 Å². The average Bonchev–Trinajstić information content (AvgIpc) is 3.04. The Morgan fingerprint density at radius 2 is 2.08 bits per heavy atom. The van der Waals surface area contributed by atoms with Crippen LogP contribution in [0.2, 0.25) is 0 Å². The highest BCUT2D eigenvalue weighted by Gasteiger charge is 2.29. The Balaban J connectivity index is 1.56. The van der Waals surface area contributed by atoms with Crippen molar-refractivity contribution in [3.05, 3.63) is 29.8 Å². The van der Waals surface area contributed by atoms with E-state index in [1.807, 2.05) is 11.0 Å². The normalized spacial score (nSPS) is 21.9. The van der Waals surface area contributed by atoms with Crippen LogP contribution in [0.25, 0.3) is 0 Å². The van der Waals surface area contributed by atoms with E-state index in [2.05, 4.69) is 34.9 Å². The molecule has 0 aliphatic carbocycles. The van der Waals surface area contributed by atoms with E-state index in [0.29, 0.717) is 12.6 Å². The van der Waals surface area contributed by atoms with Gasteiger partial charge in [-0.1, -0.05) is 25.1 Å². The molecule has 1 amide bonds. The summed E-state index contributed by atoms with van der Waals surface area (Å²) in [6.07, 6.45) is 2.09. The number of benzene rings is 1. The lowest BCUT2D eigenvalue weighted by atomic mass is 10.1. The molecule has 1 saturated heterocycles. The van der Waals surface area contributed by atoms with Gasteiger partial charge in [-0.3, -0.25) is 14.6 Å². The molecular weight excluding hydrogens is 302 g/mol. The summed E-state index contributed by atoms with van der Waals surface area (Å²) in [7, 11) is 1.75. The van der Waals surface area contributed by atoms with E-state index in [4.69, 9.17) is 4.74 Å². The largest absolute Gasteiger partial charge is 0.383 e. The number of ether oxygens (including phenoxy) is 1. The second-order valence-corrected chi connectivity index (χ2v) is 6.75. The molecule has 3 rings (SSSR count). The molecule has 0 saturated carbocycles. The third-order valence-corrected chi connectivity index (χ3v) is 5.29. The minimum Gasteiger partial charge on any atom is -0.383 e. The van der Waals surface area contributed by atoms with E-state index in [1.54, 1.807) is 7.11 Å². The van der Waals surface area contributed by atoms with Gasteiger partial charge in [0.05, 0.1) is 13.2 Å². The highest BCUT2D eigenvalue weighted by Crippen LogP contribution is 2.27. The zero-order chi connectivity index (χ0) is 16.9. The predicted octanol–water partition coefficient (Wildman–Crippen LogP) is 1.62. The standard InChI is InChI=1S/C19H29N3O2/c1-3-17-14-20(10-11-21(17)12-13-24-2)15-19(23)22-9-8-16-6-4-5-7-18(16)22/h4-7,17H,3,8-15H2,1-2H3/t17-/m0/s1. The van der Waals surface area contributed by atoms with Gasteiger partial charge in [-0.15, -0.1) is 0 Å². The van der Waals surface area contributed by atoms with Crippen LogP contribution in [0.15, 0.2) is 24.3 Å². The minimum atomic E-state index is 0.236. The molecule has 0 bridgehead atoms. The van der Waals surface area contributed by atoms with E-state index >= 15 is 0 Å². The Hall–Kier alpha value is -1.43. The number of hydrogen-bond acceptors (Lipinski definition) is 4. The van der Waals surface area contributed by atoms with Crippen molar-refractivity contribution >= 4 is 11.6 Å². The summed E-state index contributed by atoms with van der Waals surface area (Å²) in [5.74, 6) is 0.236. The van der Waals surface area contributed by atoms with Crippen LogP contribution in [-0.2, 0) is 16.0 Å². The first-order chi connectivity index (χ1) is 11.7. The quantitative estimate of drug-likeness (QED) is 0.794. The van der Waals surface area contributed by atoms with E-state index in [9.17, 15) is 4.79 Å². The summed E-state index contributed by atoms with van der Waals surface area (Å²) in [6, 6.07) is 8.79. The van der Waals surface area contributed by atoms with Gasteiger partial charge in [-0.2, -0.15) is 0 Å². The molecule has 0 spiro atoms. The number of methoxy groups -OCH3 is 1. The summed E-state index contributed by atoms with van der Waals surface area (Å²) >= 11 is 0. The van der Waals surface area contributed by atoms with Crippen LogP contribution in [0.3, 0.4) is 0 Å². The van der Waals surface area contributed by atoms with E-state index in [0.717, 1.165) is 57.9 Å². The van der Waals surface area contributed by atoms with Crippen molar-refractivity contribution in [2.45, 2.75) is 25.8 Å². The van der Waals surface area contributed by atoms with Gasteiger partial charge in [0.15, 0.2) is 0 Å². The van der Waals surface area contributed by atoms with Crippen molar-refractivity contribution in [3.8, 4) is 0 Å². The third kappa shape index (κ3) is 3.79. The Labute approximate surface area is 145 Å². The van der Waals surface area contributed by atoms with Gasteiger partial charge >= 0.3 is 0 Å². The number of anilines is 1. The van der Waals surface area contributed by atoms with E-state index < -0.39 is 0 Å². The van der Waals surface area contributed by atoms with Crippen LogP contribution < -0.4 is 4.90 Å². The monoisotopic (exact) mass is 331 g/mol. The Bertz CT molecular complexity index is 563. The second kappa shape index (κ2) is 8.10. The van der Waals surface area contributed by atoms with Crippen LogP contribution >= 0.6 is 0 Å². The maximum Gasteiger partial charge on any atom is 0.241 e. The van der Waals surface area contributed by atoms with Crippen molar-refractivity contribution in [2.24, 2.45) is 0 Å². The van der Waals surface area contributed by atoms with Crippen molar-refractivity contribution in [1.29, 1.82) is 0 Å². The number of carbonyl (C=O) groups is 1. The van der Waals surface area contributed by atoms with E-state index in [1.165, 1.54) is 5.56 Å². The fourth-order valence-electron chi connectivity index (χ4n) is 3.87. The van der Waals surface area contributed by atoms with Crippen molar-refractivity contribution < 1.29 is 9.53 Å². The van der Waals surface area contributed by atoms with Gasteiger partial charge in [0.2, 0.25) is 5.91 Å². The molecule has 0 unspecified atom stereocenters. The Morgan fingerprint density at radius 1 is 1.25 bits per heavy atom. The van der Waals surface area contributed by atoms with Gasteiger partial charge in [0.25, 0.3) is 0 Å². The second-order valence-electron chi connectivity index (χ2n) is 6.75. The number of rotatable bonds is 6. The summed E-state index contributed by atoms with van der Waals surface area (Å²) in [6.45, 7) is 8.30. The first kappa shape index (κ1) is 17.4. The lowest BCUT2D eigenvalue weighted by Gasteiger charge is -2.41. The number of carbonyl (C=O) groups excluding carboxylic acids is 1. The van der Waals surface area contributed by atoms with Gasteiger partial charge < -0.3 is 9.64 Å². The highest BCUT2D eigenvalue weighted by atomic mass is 16.5. The van der Waals surface area contributed by atoms with Crippen LogP contribution in [-0.4, -0.2) is 74.7 Å². The summed E-state index contributed by atoms with van der Waals surface area (Å²) in [5.41, 5.74) is 2.40. The molecular formula is C19H29N3O2. The van der Waals surface area contributed by atoms with Crippen LogP contribution in [0.4, 0.5) is 5.69 Å². The lowest BCUT2D eigenvalue weighted by molar-refractivity contribution is -0.120. The molecule has 5 heteroatoms. The number of nitrogens with zero attached hydrogens (tertiary/aromatic N) is 3. The van der Waals surface area contributed by atoms with Crippen LogP contribution in [0.1, 0.15) is 18.9 Å². The first-order valence-corrected chi connectivity index (χ1v) is 9.06. The molecule has 1 fully saturated rings. The average molecular weight is 331 g/mol. The van der Waals surface area contributed by atoms with Gasteiger partial charge in [-0.05, 0) is 24.5 Å². The summed E-state index contributed by atoms with van der Waals surface area (Å²) in [5, 5.41) is 0. The molecule has 2 heterocycles. The molecule has 0 aromatic heterocycles. The smallest absolute Gasteiger partial charge is 0.241 e. The molecule has 132 valence electrons. The predicted molar refractivity (Wildman–Crippen MR) is 96.5 cm³/mol. The zero-order valence-corrected chi connectivity index (χ0v) is 14.9. The van der Waals surface area contributed by atoms with Crippen LogP contribution in [0, 0.1) is 0 Å². The van der Waals surface area contributed by atoms with Gasteiger partial charge in [0, 0.05) is 51.6 Å². The van der Waals surface area contributed by atoms with Crippen LogP contribution in [0.5, 0.6) is 0 Å². The third-order valence-electron chi connectivity index (χ3n) is 5.29. The molecule has 5 nitrogen and oxygen atoms in total. The minimum absolute atomic E-state index is 0.236. The maximum absolute atomic E-state index is 12.8. The van der Waals surface area contributed by atoms with Crippen molar-refractivity contribution in [1.82, 2.24) is 9.80 Å². The summed E-state index contributed by atoms with van der Waals surface area (Å²) in [4.78, 5) is 19.6. The molecule has 2 aliphatic rings. The molecule has 1 aromatic carbocycles. The van der Waals surface area contributed by atoms with E-state index in [-0.39, 0.29) is 5.91 Å². The lowest BCUT2D eigenvalue weighted by Crippen LogP contribution is -2.55. The first-order valence-electron chi connectivity index (χ1n) is 9.06. The fraction of sp³-hybridized carbons (Fsp3) is 0.632. The molecule has 2 aliphatic heterocycles. The molecule has 1 atom stereocenters. The van der Waals surface area contributed by atoms with Crippen molar-refractivity contribution in [2.75, 3.05) is 57.9 Å². The molecule has 24 heavy (non-hydrogen) atoms. The molecule has 1 aromatic rings. The topological polar surface area (TPSA) is 36.0 Å². The van der Waals surface area contributed by atoms with Gasteiger partial charge in [0.1, 0.15) is 0 Å². The number of amides is 1. The number of piperazine rings is 1. The molecule has 0 N–H and O–H groups in total. The SMILES string of the molecule is CC[C@H]1CN(CC(=O)N2CCc3ccccc32)CCN1CCOC. The maximum atomic E-state index is 12.8.